The summed E-state index contributed by atoms with van der Waals surface area (Å²) in [5, 5.41) is 0. The molecule has 0 atom stereocenters. The van der Waals surface area contributed by atoms with Crippen molar-refractivity contribution in [2.75, 3.05) is 0 Å². The third-order valence-electron chi connectivity index (χ3n) is 13.1. The Labute approximate surface area is 365 Å². The molecule has 1 aliphatic rings. The highest BCUT2D eigenvalue weighted by Crippen LogP contribution is 2.41. The van der Waals surface area contributed by atoms with Gasteiger partial charge in [-0.2, -0.15) is 0 Å². The highest BCUT2D eigenvalue weighted by molar-refractivity contribution is 5.86. The molecule has 0 unspecified atom stereocenters. The smallest absolute Gasteiger partial charge is 0.0514 e. The first-order valence-electron chi connectivity index (χ1n) is 23.0. The fourth-order valence-corrected chi connectivity index (χ4v) is 8.82. The molecule has 6 rings (SSSR count). The Balaban J connectivity index is 1.48. The largest absolute Gasteiger partial charge is 0.401 e. The van der Waals surface area contributed by atoms with E-state index in [-0.39, 0.29) is 21.7 Å². The second-order valence-electron chi connectivity index (χ2n) is 22.1. The Morgan fingerprint density at radius 3 is 1.52 bits per heavy atom. The average molecular weight is 801 g/mol. The van der Waals surface area contributed by atoms with Crippen LogP contribution in [0.3, 0.4) is 0 Å². The monoisotopic (exact) mass is 801 g/mol. The number of hydrogen-bond acceptors (Lipinski definition) is 1. The number of aromatic nitrogens is 1. The van der Waals surface area contributed by atoms with Crippen LogP contribution < -0.4 is 5.73 Å². The third-order valence-corrected chi connectivity index (χ3v) is 13.1. The molecule has 2 heteroatoms. The van der Waals surface area contributed by atoms with Gasteiger partial charge in [0.2, 0.25) is 0 Å². The molecule has 1 aromatic heterocycles. The Hall–Kier alpha value is -4.56. The molecule has 60 heavy (non-hydrogen) atoms. The van der Waals surface area contributed by atoms with Crippen LogP contribution in [0.2, 0.25) is 0 Å². The molecule has 1 fully saturated rings. The van der Waals surface area contributed by atoms with Crippen LogP contribution in [0.1, 0.15) is 174 Å². The Morgan fingerprint density at radius 2 is 1.03 bits per heavy atom. The summed E-state index contributed by atoms with van der Waals surface area (Å²) in [6.07, 6.45) is 12.8. The van der Waals surface area contributed by atoms with Crippen LogP contribution in [0.4, 0.5) is 0 Å². The zero-order valence-corrected chi connectivity index (χ0v) is 39.4. The lowest BCUT2D eigenvalue weighted by Gasteiger charge is -2.23. The summed E-state index contributed by atoms with van der Waals surface area (Å²) < 4.78 is 0. The van der Waals surface area contributed by atoms with Gasteiger partial charge in [-0.1, -0.05) is 218 Å². The van der Waals surface area contributed by atoms with Crippen LogP contribution in [0.15, 0.2) is 115 Å². The van der Waals surface area contributed by atoms with E-state index in [4.69, 9.17) is 5.73 Å². The van der Waals surface area contributed by atoms with Gasteiger partial charge in [0.15, 0.2) is 0 Å². The molecule has 0 amide bonds. The van der Waals surface area contributed by atoms with Crippen molar-refractivity contribution in [2.45, 2.75) is 163 Å². The van der Waals surface area contributed by atoms with Crippen molar-refractivity contribution in [3.05, 3.63) is 154 Å². The van der Waals surface area contributed by atoms with Crippen molar-refractivity contribution >= 4 is 11.1 Å². The van der Waals surface area contributed by atoms with Gasteiger partial charge in [0, 0.05) is 23.4 Å². The van der Waals surface area contributed by atoms with Crippen molar-refractivity contribution in [3.63, 3.8) is 0 Å². The first kappa shape index (κ1) is 45.0. The number of hydrogen-bond donors (Lipinski definition) is 2. The molecule has 0 radical (unpaired) electrons. The zero-order chi connectivity index (χ0) is 43.5. The maximum Gasteiger partial charge on any atom is 0.0514 e. The second-order valence-corrected chi connectivity index (χ2v) is 22.1. The summed E-state index contributed by atoms with van der Waals surface area (Å²) in [7, 11) is 0. The topological polar surface area (TPSA) is 41.8 Å². The Morgan fingerprint density at radius 1 is 0.583 bits per heavy atom. The summed E-state index contributed by atoms with van der Waals surface area (Å²) in [4.78, 5) is 4.02. The third kappa shape index (κ3) is 11.4. The summed E-state index contributed by atoms with van der Waals surface area (Å²) in [6, 6.07) is 39.3. The molecule has 0 bridgehead atoms. The molecule has 0 spiro atoms. The van der Waals surface area contributed by atoms with Crippen LogP contribution in [0.5, 0.6) is 0 Å². The van der Waals surface area contributed by atoms with Gasteiger partial charge in [0.1, 0.15) is 0 Å². The molecule has 4 aromatic carbocycles. The van der Waals surface area contributed by atoms with Gasteiger partial charge in [-0.25, -0.2) is 0 Å². The van der Waals surface area contributed by atoms with Crippen molar-refractivity contribution in [3.8, 4) is 22.4 Å². The number of nitrogens with two attached hydrogens (primary N) is 1. The molecule has 0 aliphatic heterocycles. The van der Waals surface area contributed by atoms with Gasteiger partial charge in [-0.05, 0) is 109 Å². The van der Waals surface area contributed by atoms with Crippen molar-refractivity contribution in [1.82, 2.24) is 4.98 Å². The number of rotatable bonds is 11. The molecule has 2 nitrogen and oxygen atoms in total. The lowest BCUT2D eigenvalue weighted by molar-refractivity contribution is 0.342. The first-order chi connectivity index (χ1) is 28.2. The Bertz CT molecular complexity index is 2220. The number of H-pyrrole nitrogens is 1. The summed E-state index contributed by atoms with van der Waals surface area (Å²) in [5.74, 6) is 0.742. The number of nitrogens with one attached hydrogen (secondary N) is 1. The van der Waals surface area contributed by atoms with Crippen molar-refractivity contribution < 1.29 is 0 Å². The lowest BCUT2D eigenvalue weighted by atomic mass is 9.83. The van der Waals surface area contributed by atoms with E-state index in [9.17, 15) is 0 Å². The fourth-order valence-electron chi connectivity index (χ4n) is 8.82. The molecule has 0 saturated heterocycles. The predicted molar refractivity (Wildman–Crippen MR) is 263 cm³/mol. The van der Waals surface area contributed by atoms with Gasteiger partial charge in [0.25, 0.3) is 0 Å². The van der Waals surface area contributed by atoms with Gasteiger partial charge in [-0.3, -0.25) is 0 Å². The van der Waals surface area contributed by atoms with E-state index >= 15 is 0 Å². The predicted octanol–water partition coefficient (Wildman–Crippen LogP) is 16.3. The normalized spacial score (nSPS) is 15.3. The number of benzene rings is 4. The molecular formula is C58H76N2. The molecule has 318 valence electrons. The van der Waals surface area contributed by atoms with E-state index < -0.39 is 0 Å². The second kappa shape index (κ2) is 18.2. The molecular weight excluding hydrogens is 725 g/mol. The standard InChI is InChI=1S/C58H76N2/c1-55(2,3)46-29-19-41(20-30-46)18-22-45(42-23-31-47(32-24-42)56(4,5)6)38-52(59)50(37-21-40-16-14-13-15-17-40)54-51(43-25-33-48(34-26-43)57(7,8)9)39-53(60-54)44-27-35-49(36-28-44)58(10,11)12/h19-20,22-36,39-40,60H,13-18,21,37-38,59H2,1-12H3/b45-22+,52-50-. The van der Waals surface area contributed by atoms with Crippen LogP contribution in [-0.4, -0.2) is 4.98 Å². The average Bonchev–Trinajstić information content (AvgIpc) is 3.64. The number of allylic oxidation sites excluding steroid dienone is 3. The van der Waals surface area contributed by atoms with E-state index in [0.717, 1.165) is 36.6 Å². The van der Waals surface area contributed by atoms with Crippen LogP contribution in [0.25, 0.3) is 33.5 Å². The van der Waals surface area contributed by atoms with Gasteiger partial charge in [-0.15, -0.1) is 0 Å². The summed E-state index contributed by atoms with van der Waals surface area (Å²) in [5.41, 5.74) is 25.4. The SMILES string of the molecule is CC(C)(C)c1ccc(C/C=C(\C/C(N)=C(\CCC2CCCCC2)c2[nH]c(-c3ccc(C(C)(C)C)cc3)cc2-c2ccc(C(C)(C)C)cc2)c2ccc(C(C)(C)C)cc2)cc1. The van der Waals surface area contributed by atoms with Gasteiger partial charge >= 0.3 is 0 Å². The summed E-state index contributed by atoms with van der Waals surface area (Å²) in [6.45, 7) is 27.4. The quantitative estimate of drug-likeness (QED) is 0.137. The minimum atomic E-state index is 0.0808. The molecule has 1 saturated carbocycles. The minimum Gasteiger partial charge on any atom is -0.401 e. The first-order valence-corrected chi connectivity index (χ1v) is 23.0. The van der Waals surface area contributed by atoms with Gasteiger partial charge in [0.05, 0.1) is 5.69 Å². The van der Waals surface area contributed by atoms with Crippen LogP contribution >= 0.6 is 0 Å². The summed E-state index contributed by atoms with van der Waals surface area (Å²) >= 11 is 0. The van der Waals surface area contributed by atoms with E-state index in [1.165, 1.54) is 99.0 Å². The lowest BCUT2D eigenvalue weighted by Crippen LogP contribution is -2.11. The highest BCUT2D eigenvalue weighted by Gasteiger charge is 2.23. The van der Waals surface area contributed by atoms with Gasteiger partial charge < -0.3 is 10.7 Å². The van der Waals surface area contributed by atoms with E-state index in [2.05, 4.69) is 197 Å². The fraction of sp³-hybridized carbons (Fsp3) is 0.448. The van der Waals surface area contributed by atoms with E-state index in [1.807, 2.05) is 0 Å². The van der Waals surface area contributed by atoms with Crippen LogP contribution in [-0.2, 0) is 28.1 Å². The highest BCUT2D eigenvalue weighted by atomic mass is 14.8. The minimum absolute atomic E-state index is 0.0808. The molecule has 3 N–H and O–H groups in total. The van der Waals surface area contributed by atoms with E-state index in [1.54, 1.807) is 0 Å². The Kier molecular flexibility index (Phi) is 13.6. The zero-order valence-electron chi connectivity index (χ0n) is 39.4. The maximum absolute atomic E-state index is 7.60. The molecule has 1 heterocycles. The van der Waals surface area contributed by atoms with Crippen molar-refractivity contribution in [2.24, 2.45) is 11.7 Å². The van der Waals surface area contributed by atoms with Crippen LogP contribution in [0, 0.1) is 5.92 Å². The molecule has 1 aliphatic carbocycles. The van der Waals surface area contributed by atoms with E-state index in [0.29, 0.717) is 6.42 Å². The maximum atomic E-state index is 7.60. The number of aromatic amines is 1. The molecule has 5 aromatic rings. The van der Waals surface area contributed by atoms with Crippen molar-refractivity contribution in [1.29, 1.82) is 0 Å².